The number of nitrogens with one attached hydrogen (secondary N) is 1. The number of halogens is 2. The van der Waals surface area contributed by atoms with Crippen LogP contribution in [0.5, 0.6) is 0 Å². The van der Waals surface area contributed by atoms with Gasteiger partial charge in [0.1, 0.15) is 0 Å². The minimum Gasteiger partial charge on any atom is -0.329 e. The molecule has 4 heteroatoms. The maximum absolute atomic E-state index is 10.1. The molecule has 1 aromatic rings. The van der Waals surface area contributed by atoms with E-state index in [1.807, 2.05) is 18.2 Å². The van der Waals surface area contributed by atoms with Crippen molar-refractivity contribution in [2.45, 2.75) is 0 Å². The summed E-state index contributed by atoms with van der Waals surface area (Å²) in [4.78, 5) is 10.1. The highest BCUT2D eigenvalue weighted by atomic mass is 127. The first-order valence-electron chi connectivity index (χ1n) is 2.88. The van der Waals surface area contributed by atoms with Crippen molar-refractivity contribution in [1.82, 2.24) is 0 Å². The van der Waals surface area contributed by atoms with Gasteiger partial charge in [0.2, 0.25) is 6.41 Å². The Kier molecular flexibility index (Phi) is 3.57. The summed E-state index contributed by atoms with van der Waals surface area (Å²) in [6.07, 6.45) is 0.682. The highest BCUT2D eigenvalue weighted by Crippen LogP contribution is 2.17. The van der Waals surface area contributed by atoms with E-state index in [2.05, 4.69) is 50.5 Å². The van der Waals surface area contributed by atoms with Crippen molar-refractivity contribution in [3.8, 4) is 0 Å². The molecule has 0 aromatic heterocycles. The fourth-order valence-electron chi connectivity index (χ4n) is 0.705. The molecule has 0 radical (unpaired) electrons. The normalized spacial score (nSPS) is 9.27. The lowest BCUT2D eigenvalue weighted by atomic mass is 10.3. The van der Waals surface area contributed by atoms with E-state index in [1.165, 1.54) is 0 Å². The minimum atomic E-state index is 0.682. The Hall–Kier alpha value is 0.150. The van der Waals surface area contributed by atoms with Crippen molar-refractivity contribution in [2.75, 3.05) is 5.32 Å². The summed E-state index contributed by atoms with van der Waals surface area (Å²) in [6, 6.07) is 5.87. The van der Waals surface area contributed by atoms with Gasteiger partial charge in [-0.1, -0.05) is 0 Å². The quantitative estimate of drug-likeness (QED) is 0.627. The van der Waals surface area contributed by atoms with E-state index in [-0.39, 0.29) is 0 Å². The Labute approximate surface area is 92.0 Å². The van der Waals surface area contributed by atoms with Gasteiger partial charge >= 0.3 is 0 Å². The molecular weight excluding hydrogens is 368 g/mol. The fraction of sp³-hybridized carbons (Fsp3) is 0. The minimum absolute atomic E-state index is 0.682. The molecule has 1 N–H and O–H groups in total. The van der Waals surface area contributed by atoms with Crippen molar-refractivity contribution in [1.29, 1.82) is 0 Å². The van der Waals surface area contributed by atoms with Crippen molar-refractivity contribution >= 4 is 57.3 Å². The standard InChI is InChI=1S/C7H5I2NO/c8-5-1-6(9)3-7(2-5)10-4-11/h1-4H,(H,10,11). The lowest BCUT2D eigenvalue weighted by Crippen LogP contribution is -1.94. The first-order valence-corrected chi connectivity index (χ1v) is 5.04. The topological polar surface area (TPSA) is 29.1 Å². The third-order valence-corrected chi connectivity index (χ3v) is 2.33. The van der Waals surface area contributed by atoms with Gasteiger partial charge in [-0.05, 0) is 63.4 Å². The van der Waals surface area contributed by atoms with Gasteiger partial charge in [0.05, 0.1) is 0 Å². The van der Waals surface area contributed by atoms with E-state index in [9.17, 15) is 4.79 Å². The van der Waals surface area contributed by atoms with Crippen LogP contribution in [-0.2, 0) is 4.79 Å². The molecule has 0 unspecified atom stereocenters. The molecule has 0 aliphatic heterocycles. The van der Waals surface area contributed by atoms with Gasteiger partial charge in [-0.15, -0.1) is 0 Å². The fourth-order valence-corrected chi connectivity index (χ4v) is 2.64. The lowest BCUT2D eigenvalue weighted by Gasteiger charge is -1.99. The van der Waals surface area contributed by atoms with Crippen LogP contribution in [0.3, 0.4) is 0 Å². The molecule has 11 heavy (non-hydrogen) atoms. The van der Waals surface area contributed by atoms with E-state index in [1.54, 1.807) is 0 Å². The molecular formula is C7H5I2NO. The summed E-state index contributed by atoms with van der Waals surface area (Å²) < 4.78 is 2.25. The number of hydrogen-bond acceptors (Lipinski definition) is 1. The van der Waals surface area contributed by atoms with Crippen LogP contribution in [0.25, 0.3) is 0 Å². The second-order valence-corrected chi connectivity index (χ2v) is 4.41. The molecule has 0 saturated carbocycles. The molecule has 0 saturated heterocycles. The van der Waals surface area contributed by atoms with Crippen LogP contribution < -0.4 is 5.32 Å². The zero-order valence-electron chi connectivity index (χ0n) is 5.47. The predicted molar refractivity (Wildman–Crippen MR) is 61.6 cm³/mol. The lowest BCUT2D eigenvalue weighted by molar-refractivity contribution is -0.105. The smallest absolute Gasteiger partial charge is 0.211 e. The summed E-state index contributed by atoms with van der Waals surface area (Å²) in [7, 11) is 0. The average Bonchev–Trinajstić information content (AvgIpc) is 1.85. The van der Waals surface area contributed by atoms with Crippen LogP contribution in [0.15, 0.2) is 18.2 Å². The maximum atomic E-state index is 10.1. The van der Waals surface area contributed by atoms with Crippen LogP contribution in [-0.4, -0.2) is 6.41 Å². The van der Waals surface area contributed by atoms with Gasteiger partial charge < -0.3 is 5.32 Å². The van der Waals surface area contributed by atoms with Crippen molar-refractivity contribution in [2.24, 2.45) is 0 Å². The van der Waals surface area contributed by atoms with Crippen LogP contribution in [0.4, 0.5) is 5.69 Å². The Morgan fingerprint density at radius 3 is 2.18 bits per heavy atom. The molecule has 0 atom stereocenters. The maximum Gasteiger partial charge on any atom is 0.211 e. The Bertz CT molecular complexity index is 255. The van der Waals surface area contributed by atoms with Crippen molar-refractivity contribution < 1.29 is 4.79 Å². The summed E-state index contributed by atoms with van der Waals surface area (Å²) in [6.45, 7) is 0. The van der Waals surface area contributed by atoms with Crippen LogP contribution in [0.2, 0.25) is 0 Å². The number of carbonyl (C=O) groups is 1. The predicted octanol–water partition coefficient (Wildman–Crippen LogP) is 2.46. The van der Waals surface area contributed by atoms with E-state index in [0.29, 0.717) is 6.41 Å². The first kappa shape index (κ1) is 9.24. The summed E-state index contributed by atoms with van der Waals surface area (Å²) in [5.41, 5.74) is 0.844. The Morgan fingerprint density at radius 1 is 1.18 bits per heavy atom. The summed E-state index contributed by atoms with van der Waals surface area (Å²) in [5, 5.41) is 2.60. The Morgan fingerprint density at radius 2 is 1.73 bits per heavy atom. The second-order valence-electron chi connectivity index (χ2n) is 1.92. The largest absolute Gasteiger partial charge is 0.329 e. The molecule has 1 rings (SSSR count). The van der Waals surface area contributed by atoms with Gasteiger partial charge in [0, 0.05) is 12.8 Å². The van der Waals surface area contributed by atoms with Crippen molar-refractivity contribution in [3.63, 3.8) is 0 Å². The molecule has 0 bridgehead atoms. The van der Waals surface area contributed by atoms with Gasteiger partial charge in [-0.2, -0.15) is 0 Å². The molecule has 58 valence electrons. The molecule has 0 spiro atoms. The summed E-state index contributed by atoms with van der Waals surface area (Å²) >= 11 is 4.42. The van der Waals surface area contributed by atoms with Crippen LogP contribution in [0.1, 0.15) is 0 Å². The summed E-state index contributed by atoms with van der Waals surface area (Å²) in [5.74, 6) is 0. The van der Waals surface area contributed by atoms with E-state index >= 15 is 0 Å². The van der Waals surface area contributed by atoms with Crippen LogP contribution in [0, 0.1) is 7.14 Å². The molecule has 0 aliphatic rings. The van der Waals surface area contributed by atoms with Gasteiger partial charge in [-0.25, -0.2) is 0 Å². The number of amides is 1. The monoisotopic (exact) mass is 373 g/mol. The van der Waals surface area contributed by atoms with E-state index in [4.69, 9.17) is 0 Å². The van der Waals surface area contributed by atoms with Crippen LogP contribution >= 0.6 is 45.2 Å². The molecule has 0 aliphatic carbocycles. The highest BCUT2D eigenvalue weighted by Gasteiger charge is 1.94. The number of carbonyl (C=O) groups excluding carboxylic acids is 1. The SMILES string of the molecule is O=CNc1cc(I)cc(I)c1. The van der Waals surface area contributed by atoms with Crippen molar-refractivity contribution in [3.05, 3.63) is 25.3 Å². The average molecular weight is 373 g/mol. The molecule has 0 fully saturated rings. The zero-order valence-corrected chi connectivity index (χ0v) is 9.79. The number of anilines is 1. The van der Waals surface area contributed by atoms with Gasteiger partial charge in [0.25, 0.3) is 0 Å². The number of benzene rings is 1. The molecule has 0 heterocycles. The Balaban J connectivity index is 2.98. The van der Waals surface area contributed by atoms with Gasteiger partial charge in [-0.3, -0.25) is 4.79 Å². The zero-order chi connectivity index (χ0) is 8.27. The van der Waals surface area contributed by atoms with Gasteiger partial charge in [0.15, 0.2) is 0 Å². The first-order chi connectivity index (χ1) is 5.22. The highest BCUT2D eigenvalue weighted by molar-refractivity contribution is 14.1. The van der Waals surface area contributed by atoms with E-state index in [0.717, 1.165) is 12.8 Å². The molecule has 1 amide bonds. The third-order valence-electron chi connectivity index (χ3n) is 1.09. The van der Waals surface area contributed by atoms with E-state index < -0.39 is 0 Å². The number of hydrogen-bond donors (Lipinski definition) is 1. The third kappa shape index (κ3) is 2.94. The second kappa shape index (κ2) is 4.24. The molecule has 2 nitrogen and oxygen atoms in total. The molecule has 1 aromatic carbocycles. The number of rotatable bonds is 2.